The predicted molar refractivity (Wildman–Crippen MR) is 84.5 cm³/mol. The molecule has 1 aromatic heterocycles. The first kappa shape index (κ1) is 16.7. The number of aromatic nitrogens is 1. The minimum atomic E-state index is -0.513. The van der Waals surface area contributed by atoms with E-state index >= 15 is 0 Å². The molecule has 0 saturated heterocycles. The Labute approximate surface area is 125 Å². The molecule has 112 valence electrons. The van der Waals surface area contributed by atoms with E-state index in [1.54, 1.807) is 5.38 Å². The van der Waals surface area contributed by atoms with Crippen LogP contribution in [0.5, 0.6) is 0 Å². The van der Waals surface area contributed by atoms with Crippen LogP contribution < -0.4 is 5.73 Å². The average Bonchev–Trinajstić information content (AvgIpc) is 2.73. The Hall–Kier alpha value is -1.36. The fourth-order valence-corrected chi connectivity index (χ4v) is 2.24. The number of unbranched alkanes of at least 4 members (excludes halogenated alkanes) is 3. The summed E-state index contributed by atoms with van der Waals surface area (Å²) in [6, 6.07) is 0. The SMILES string of the molecule is CCCCC/C=C(\C(=O)OC(C)(C)C)c1csc(N)n1. The zero-order valence-electron chi connectivity index (χ0n) is 12.7. The van der Waals surface area contributed by atoms with Gasteiger partial charge >= 0.3 is 5.97 Å². The van der Waals surface area contributed by atoms with E-state index in [1.165, 1.54) is 11.3 Å². The van der Waals surface area contributed by atoms with Gasteiger partial charge in [0.25, 0.3) is 0 Å². The molecule has 2 N–H and O–H groups in total. The van der Waals surface area contributed by atoms with E-state index in [9.17, 15) is 4.79 Å². The summed E-state index contributed by atoms with van der Waals surface area (Å²) in [7, 11) is 0. The van der Waals surface area contributed by atoms with E-state index in [0.717, 1.165) is 25.7 Å². The van der Waals surface area contributed by atoms with Crippen LogP contribution in [-0.2, 0) is 9.53 Å². The molecule has 0 fully saturated rings. The number of allylic oxidation sites excluding steroid dienone is 1. The first-order valence-corrected chi connectivity index (χ1v) is 7.86. The second kappa shape index (κ2) is 7.43. The zero-order chi connectivity index (χ0) is 15.2. The summed E-state index contributed by atoms with van der Waals surface area (Å²) in [6.07, 6.45) is 6.12. The number of carbonyl (C=O) groups is 1. The summed E-state index contributed by atoms with van der Waals surface area (Å²) in [5.74, 6) is -0.334. The average molecular weight is 296 g/mol. The summed E-state index contributed by atoms with van der Waals surface area (Å²) in [5, 5.41) is 2.26. The van der Waals surface area contributed by atoms with Crippen molar-refractivity contribution in [2.45, 2.75) is 59.0 Å². The predicted octanol–water partition coefficient (Wildman–Crippen LogP) is 4.03. The number of nitrogens with two attached hydrogens (primary N) is 1. The van der Waals surface area contributed by atoms with Crippen LogP contribution in [0, 0.1) is 0 Å². The Balaban J connectivity index is 2.87. The van der Waals surface area contributed by atoms with Crippen LogP contribution >= 0.6 is 11.3 Å². The molecule has 0 unspecified atom stereocenters. The van der Waals surface area contributed by atoms with Gasteiger partial charge in [-0.25, -0.2) is 9.78 Å². The summed E-state index contributed by atoms with van der Waals surface area (Å²) < 4.78 is 5.44. The molecule has 0 aliphatic carbocycles. The molecule has 0 atom stereocenters. The summed E-state index contributed by atoms with van der Waals surface area (Å²) >= 11 is 1.33. The van der Waals surface area contributed by atoms with Crippen molar-refractivity contribution in [2.75, 3.05) is 5.73 Å². The lowest BCUT2D eigenvalue weighted by Gasteiger charge is -2.20. The largest absolute Gasteiger partial charge is 0.456 e. The second-order valence-electron chi connectivity index (χ2n) is 5.69. The third kappa shape index (κ3) is 5.74. The first-order valence-electron chi connectivity index (χ1n) is 6.98. The van der Waals surface area contributed by atoms with E-state index in [2.05, 4.69) is 11.9 Å². The van der Waals surface area contributed by atoms with Crippen molar-refractivity contribution in [3.05, 3.63) is 17.2 Å². The Morgan fingerprint density at radius 1 is 1.45 bits per heavy atom. The number of ether oxygens (including phenoxy) is 1. The van der Waals surface area contributed by atoms with E-state index < -0.39 is 5.60 Å². The molecule has 1 heterocycles. The summed E-state index contributed by atoms with van der Waals surface area (Å²) in [5.41, 5.74) is 6.26. The molecular formula is C15H24N2O2S. The van der Waals surface area contributed by atoms with Crippen molar-refractivity contribution in [1.82, 2.24) is 4.98 Å². The number of rotatable bonds is 6. The molecule has 0 aliphatic rings. The quantitative estimate of drug-likeness (QED) is 0.489. The van der Waals surface area contributed by atoms with E-state index in [0.29, 0.717) is 16.4 Å². The fourth-order valence-electron chi connectivity index (χ4n) is 1.68. The summed E-state index contributed by atoms with van der Waals surface area (Å²) in [6.45, 7) is 7.72. The first-order chi connectivity index (χ1) is 9.33. The zero-order valence-corrected chi connectivity index (χ0v) is 13.5. The van der Waals surface area contributed by atoms with E-state index in [1.807, 2.05) is 26.8 Å². The normalized spacial score (nSPS) is 12.5. The topological polar surface area (TPSA) is 65.2 Å². The second-order valence-corrected chi connectivity index (χ2v) is 6.58. The van der Waals surface area contributed by atoms with Crippen LogP contribution in [0.1, 0.15) is 59.1 Å². The van der Waals surface area contributed by atoms with Gasteiger partial charge in [-0.1, -0.05) is 25.8 Å². The van der Waals surface area contributed by atoms with Gasteiger partial charge in [-0.2, -0.15) is 0 Å². The number of esters is 1. The highest BCUT2D eigenvalue weighted by atomic mass is 32.1. The maximum Gasteiger partial charge on any atom is 0.340 e. The van der Waals surface area contributed by atoms with Gasteiger partial charge in [0.2, 0.25) is 0 Å². The Kier molecular flexibility index (Phi) is 6.20. The van der Waals surface area contributed by atoms with Gasteiger partial charge < -0.3 is 10.5 Å². The monoisotopic (exact) mass is 296 g/mol. The highest BCUT2D eigenvalue weighted by Gasteiger charge is 2.22. The van der Waals surface area contributed by atoms with Crippen molar-refractivity contribution < 1.29 is 9.53 Å². The van der Waals surface area contributed by atoms with Gasteiger partial charge in [0.15, 0.2) is 5.13 Å². The van der Waals surface area contributed by atoms with Crippen molar-refractivity contribution in [1.29, 1.82) is 0 Å². The molecule has 0 spiro atoms. The Morgan fingerprint density at radius 3 is 2.65 bits per heavy atom. The van der Waals surface area contributed by atoms with Crippen molar-refractivity contribution >= 4 is 28.0 Å². The smallest absolute Gasteiger partial charge is 0.340 e. The lowest BCUT2D eigenvalue weighted by molar-refractivity contribution is -0.147. The van der Waals surface area contributed by atoms with Crippen molar-refractivity contribution in [3.63, 3.8) is 0 Å². The summed E-state index contributed by atoms with van der Waals surface area (Å²) in [4.78, 5) is 16.5. The van der Waals surface area contributed by atoms with Gasteiger partial charge in [-0.05, 0) is 33.6 Å². The molecule has 0 saturated carbocycles. The van der Waals surface area contributed by atoms with E-state index in [4.69, 9.17) is 10.5 Å². The molecule has 1 rings (SSSR count). The lowest BCUT2D eigenvalue weighted by Crippen LogP contribution is -2.24. The lowest BCUT2D eigenvalue weighted by atomic mass is 10.1. The van der Waals surface area contributed by atoms with Crippen LogP contribution in [0.3, 0.4) is 0 Å². The van der Waals surface area contributed by atoms with Gasteiger partial charge in [-0.15, -0.1) is 11.3 Å². The molecule has 0 aliphatic heterocycles. The number of nitrogen functional groups attached to an aromatic ring is 1. The van der Waals surface area contributed by atoms with Gasteiger partial charge in [-0.3, -0.25) is 0 Å². The molecule has 0 radical (unpaired) electrons. The van der Waals surface area contributed by atoms with Crippen molar-refractivity contribution in [2.24, 2.45) is 0 Å². The fraction of sp³-hybridized carbons (Fsp3) is 0.600. The third-order valence-corrected chi connectivity index (χ3v) is 3.25. The van der Waals surface area contributed by atoms with Crippen LogP contribution in [0.4, 0.5) is 5.13 Å². The number of hydrogen-bond acceptors (Lipinski definition) is 5. The van der Waals surface area contributed by atoms with Crippen LogP contribution in [0.15, 0.2) is 11.5 Å². The number of thiazole rings is 1. The molecule has 0 aromatic carbocycles. The van der Waals surface area contributed by atoms with Gasteiger partial charge in [0.05, 0.1) is 11.3 Å². The number of carbonyl (C=O) groups excluding carboxylic acids is 1. The molecular weight excluding hydrogens is 272 g/mol. The van der Waals surface area contributed by atoms with Crippen LogP contribution in [-0.4, -0.2) is 16.6 Å². The maximum atomic E-state index is 12.3. The Morgan fingerprint density at radius 2 is 2.15 bits per heavy atom. The highest BCUT2D eigenvalue weighted by Crippen LogP contribution is 2.23. The maximum absolute atomic E-state index is 12.3. The highest BCUT2D eigenvalue weighted by molar-refractivity contribution is 7.13. The van der Waals surface area contributed by atoms with Crippen LogP contribution in [0.2, 0.25) is 0 Å². The van der Waals surface area contributed by atoms with E-state index in [-0.39, 0.29) is 5.97 Å². The third-order valence-electron chi connectivity index (χ3n) is 2.57. The standard InChI is InChI=1S/C15H24N2O2S/c1-5-6-7-8-9-11(12-10-20-14(16)17-12)13(18)19-15(2,3)4/h9-10H,5-8H2,1-4H3,(H2,16,17)/b11-9-. The number of hydrogen-bond donors (Lipinski definition) is 1. The molecule has 1 aromatic rings. The number of nitrogens with zero attached hydrogens (tertiary/aromatic N) is 1. The number of anilines is 1. The Bertz CT molecular complexity index is 472. The molecule has 4 nitrogen and oxygen atoms in total. The van der Waals surface area contributed by atoms with Gasteiger partial charge in [0, 0.05) is 5.38 Å². The molecule has 0 bridgehead atoms. The minimum absolute atomic E-state index is 0.334. The van der Waals surface area contributed by atoms with Crippen molar-refractivity contribution in [3.8, 4) is 0 Å². The minimum Gasteiger partial charge on any atom is -0.456 e. The molecule has 5 heteroatoms. The van der Waals surface area contributed by atoms with Crippen LogP contribution in [0.25, 0.3) is 5.57 Å². The molecule has 20 heavy (non-hydrogen) atoms. The molecule has 0 amide bonds. The van der Waals surface area contributed by atoms with Gasteiger partial charge in [0.1, 0.15) is 5.60 Å².